The summed E-state index contributed by atoms with van der Waals surface area (Å²) in [5.41, 5.74) is 0. The molecule has 0 radical (unpaired) electrons. The monoisotopic (exact) mass is 131 g/mol. The van der Waals surface area contributed by atoms with Gasteiger partial charge >= 0.3 is 0 Å². The van der Waals surface area contributed by atoms with Crippen molar-refractivity contribution in [3.63, 3.8) is 0 Å². The topological polar surface area (TPSA) is 30.5 Å². The number of ether oxygens (including phenoxy) is 2. The third-order valence-corrected chi connectivity index (χ3v) is 1.39. The highest BCUT2D eigenvalue weighted by atomic mass is 16.7. The lowest BCUT2D eigenvalue weighted by Crippen LogP contribution is -2.44. The van der Waals surface area contributed by atoms with Crippen molar-refractivity contribution in [3.8, 4) is 0 Å². The Balaban J connectivity index is 2.23. The van der Waals surface area contributed by atoms with Crippen molar-refractivity contribution >= 4 is 0 Å². The Labute approximate surface area is 55.3 Å². The molecule has 2 atom stereocenters. The maximum Gasteiger partial charge on any atom is 0.169 e. The smallest absolute Gasteiger partial charge is 0.169 e. The van der Waals surface area contributed by atoms with Crippen LogP contribution in [0.5, 0.6) is 0 Å². The Hall–Kier alpha value is -0.120. The van der Waals surface area contributed by atoms with Crippen molar-refractivity contribution in [3.05, 3.63) is 0 Å². The van der Waals surface area contributed by atoms with Gasteiger partial charge in [-0.15, -0.1) is 0 Å². The van der Waals surface area contributed by atoms with Gasteiger partial charge in [0.05, 0.1) is 6.10 Å². The van der Waals surface area contributed by atoms with Crippen LogP contribution in [0.15, 0.2) is 0 Å². The van der Waals surface area contributed by atoms with E-state index in [0.717, 1.165) is 13.1 Å². The van der Waals surface area contributed by atoms with Gasteiger partial charge in [-0.3, -0.25) is 0 Å². The van der Waals surface area contributed by atoms with Gasteiger partial charge in [-0.2, -0.15) is 0 Å². The van der Waals surface area contributed by atoms with Crippen molar-refractivity contribution in [2.45, 2.75) is 19.3 Å². The van der Waals surface area contributed by atoms with Crippen molar-refractivity contribution in [2.24, 2.45) is 0 Å². The van der Waals surface area contributed by atoms with Crippen LogP contribution in [-0.4, -0.2) is 32.6 Å². The Morgan fingerprint density at radius 3 is 2.78 bits per heavy atom. The fourth-order valence-corrected chi connectivity index (χ4v) is 0.899. The maximum absolute atomic E-state index is 5.35. The van der Waals surface area contributed by atoms with E-state index in [9.17, 15) is 0 Å². The van der Waals surface area contributed by atoms with E-state index >= 15 is 0 Å². The molecular weight excluding hydrogens is 118 g/mol. The molecule has 1 heterocycles. The molecule has 3 heteroatoms. The van der Waals surface area contributed by atoms with E-state index in [1.54, 1.807) is 7.11 Å². The fourth-order valence-electron chi connectivity index (χ4n) is 0.899. The van der Waals surface area contributed by atoms with Crippen LogP contribution in [0.2, 0.25) is 0 Å². The molecule has 1 aliphatic heterocycles. The van der Waals surface area contributed by atoms with Gasteiger partial charge < -0.3 is 14.8 Å². The number of morpholine rings is 1. The van der Waals surface area contributed by atoms with E-state index < -0.39 is 0 Å². The minimum absolute atomic E-state index is 0.0475. The first-order valence-electron chi connectivity index (χ1n) is 3.22. The predicted octanol–water partition coefficient (Wildman–Crippen LogP) is -0.0328. The number of rotatable bonds is 1. The Morgan fingerprint density at radius 1 is 1.56 bits per heavy atom. The van der Waals surface area contributed by atoms with E-state index in [4.69, 9.17) is 9.47 Å². The van der Waals surface area contributed by atoms with Crippen LogP contribution >= 0.6 is 0 Å². The molecule has 54 valence electrons. The van der Waals surface area contributed by atoms with E-state index in [2.05, 4.69) is 5.32 Å². The van der Waals surface area contributed by atoms with Gasteiger partial charge in [-0.05, 0) is 6.92 Å². The second kappa shape index (κ2) is 3.15. The van der Waals surface area contributed by atoms with Crippen molar-refractivity contribution in [1.82, 2.24) is 5.32 Å². The number of hydrogen-bond donors (Lipinski definition) is 1. The largest absolute Gasteiger partial charge is 0.355 e. The normalized spacial score (nSPS) is 36.7. The van der Waals surface area contributed by atoms with Crippen LogP contribution in [0.1, 0.15) is 6.92 Å². The van der Waals surface area contributed by atoms with Gasteiger partial charge in [0, 0.05) is 20.2 Å². The molecule has 0 bridgehead atoms. The molecule has 1 saturated heterocycles. The molecule has 1 rings (SSSR count). The average molecular weight is 131 g/mol. The molecule has 2 unspecified atom stereocenters. The summed E-state index contributed by atoms with van der Waals surface area (Å²) >= 11 is 0. The number of methoxy groups -OCH3 is 1. The third kappa shape index (κ3) is 1.93. The molecule has 3 nitrogen and oxygen atoms in total. The van der Waals surface area contributed by atoms with Gasteiger partial charge in [-0.25, -0.2) is 0 Å². The highest BCUT2D eigenvalue weighted by Crippen LogP contribution is 2.02. The molecule has 0 amide bonds. The zero-order valence-electron chi connectivity index (χ0n) is 5.89. The van der Waals surface area contributed by atoms with E-state index in [0.29, 0.717) is 0 Å². The van der Waals surface area contributed by atoms with Crippen molar-refractivity contribution in [2.75, 3.05) is 20.2 Å². The van der Waals surface area contributed by atoms with Crippen LogP contribution in [-0.2, 0) is 9.47 Å². The lowest BCUT2D eigenvalue weighted by molar-refractivity contribution is -0.164. The molecule has 9 heavy (non-hydrogen) atoms. The summed E-state index contributed by atoms with van der Waals surface area (Å²) < 4.78 is 10.3. The molecule has 0 aliphatic carbocycles. The minimum Gasteiger partial charge on any atom is -0.355 e. The second-order valence-corrected chi connectivity index (χ2v) is 2.27. The number of hydrogen-bond acceptors (Lipinski definition) is 3. The lowest BCUT2D eigenvalue weighted by atomic mass is 10.3. The fraction of sp³-hybridized carbons (Fsp3) is 1.00. The zero-order chi connectivity index (χ0) is 6.69. The molecule has 0 aromatic rings. The summed E-state index contributed by atoms with van der Waals surface area (Å²) in [5, 5.41) is 3.19. The van der Waals surface area contributed by atoms with Crippen LogP contribution in [0, 0.1) is 0 Å². The predicted molar refractivity (Wildman–Crippen MR) is 34.2 cm³/mol. The van der Waals surface area contributed by atoms with E-state index in [1.165, 1.54) is 0 Å². The molecule has 0 saturated carbocycles. The van der Waals surface area contributed by atoms with E-state index in [-0.39, 0.29) is 12.4 Å². The van der Waals surface area contributed by atoms with Gasteiger partial charge in [0.2, 0.25) is 0 Å². The van der Waals surface area contributed by atoms with E-state index in [1.807, 2.05) is 6.92 Å². The zero-order valence-corrected chi connectivity index (χ0v) is 5.89. The standard InChI is InChI=1S/C6H13NO2/c1-5-3-7-4-6(8-2)9-5/h5-7H,3-4H2,1-2H3. The SMILES string of the molecule is COC1CNCC(C)O1. The van der Waals surface area contributed by atoms with Gasteiger partial charge in [-0.1, -0.05) is 0 Å². The first kappa shape index (κ1) is 6.99. The van der Waals surface area contributed by atoms with Crippen molar-refractivity contribution in [1.29, 1.82) is 0 Å². The van der Waals surface area contributed by atoms with Crippen molar-refractivity contribution < 1.29 is 9.47 Å². The molecule has 1 N–H and O–H groups in total. The summed E-state index contributed by atoms with van der Waals surface area (Å²) in [6.07, 6.45) is 0.234. The van der Waals surface area contributed by atoms with Gasteiger partial charge in [0.15, 0.2) is 6.29 Å². The highest BCUT2D eigenvalue weighted by Gasteiger charge is 2.16. The van der Waals surface area contributed by atoms with Crippen LogP contribution in [0.25, 0.3) is 0 Å². The molecule has 0 aromatic carbocycles. The van der Waals surface area contributed by atoms with Crippen LogP contribution in [0.3, 0.4) is 0 Å². The molecule has 1 fully saturated rings. The first-order chi connectivity index (χ1) is 4.33. The second-order valence-electron chi connectivity index (χ2n) is 2.27. The van der Waals surface area contributed by atoms with Crippen LogP contribution in [0.4, 0.5) is 0 Å². The molecule has 0 aromatic heterocycles. The minimum atomic E-state index is -0.0475. The summed E-state index contributed by atoms with van der Waals surface area (Å²) in [5.74, 6) is 0. The van der Waals surface area contributed by atoms with Crippen LogP contribution < -0.4 is 5.32 Å². The molecule has 1 aliphatic rings. The average Bonchev–Trinajstić information content (AvgIpc) is 1.88. The number of nitrogens with one attached hydrogen (secondary N) is 1. The lowest BCUT2D eigenvalue weighted by Gasteiger charge is -2.27. The quantitative estimate of drug-likeness (QED) is 0.542. The summed E-state index contributed by atoms with van der Waals surface area (Å²) in [7, 11) is 1.66. The summed E-state index contributed by atoms with van der Waals surface area (Å²) in [4.78, 5) is 0. The third-order valence-electron chi connectivity index (χ3n) is 1.39. The maximum atomic E-state index is 5.35. The summed E-state index contributed by atoms with van der Waals surface area (Å²) in [6, 6.07) is 0. The van der Waals surface area contributed by atoms with Gasteiger partial charge in [0.25, 0.3) is 0 Å². The Morgan fingerprint density at radius 2 is 2.33 bits per heavy atom. The molecular formula is C6H13NO2. The first-order valence-corrected chi connectivity index (χ1v) is 3.22. The Kier molecular flexibility index (Phi) is 2.45. The highest BCUT2D eigenvalue weighted by molar-refractivity contribution is 4.64. The Bertz CT molecular complexity index is 87.1. The summed E-state index contributed by atoms with van der Waals surface area (Å²) in [6.45, 7) is 3.76. The van der Waals surface area contributed by atoms with Gasteiger partial charge in [0.1, 0.15) is 0 Å². The molecule has 0 spiro atoms.